The van der Waals surface area contributed by atoms with Gasteiger partial charge in [0.15, 0.2) is 0 Å². The van der Waals surface area contributed by atoms with Gasteiger partial charge in [0.1, 0.15) is 52.6 Å². The maximum Gasteiger partial charge on any atom is 0.325 e. The zero-order chi connectivity index (χ0) is 62.3. The zero-order valence-electron chi connectivity index (χ0n) is 42.6. The standard InChI is InChI=1S/C45H40N10O23S6/c1-52-17-21(41(56)46-29-13-25-27(15-35(29)83(73,74)75)33(81(67,68)69)7-5-31(25)79(61,62)63)9-37(52)48-43(58)23-11-39(54(3)19-23)50-45(60)51-40-12-24(20-55(40)4)44(59)49-38-10-22(18-53(38)2)42(57)47-30-14-26-28(16-36(30)84(76,77)78)34(82(70,71)72)8-6-32(26)80(64,65)66/h5-20H,1-4H3,(H,46,56)(H,47,57)(H,48,58)(H,49,59)(H2,50,51,60)(H,61,62,63)(H,64,65,66)(H,67,68,69)(H,70,71,72)(H,73,74,75)(H,76,77,78). The average Bonchev–Trinajstić information content (AvgIpc) is 1.19. The molecule has 12 N–H and O–H groups in total. The molecule has 0 radical (unpaired) electrons. The molecule has 4 heterocycles. The number of anilines is 6. The molecule has 0 spiro atoms. The van der Waals surface area contributed by atoms with Crippen molar-refractivity contribution in [3.63, 3.8) is 0 Å². The number of nitrogens with one attached hydrogen (secondary N) is 6. The minimum Gasteiger partial charge on any atom is -0.337 e. The van der Waals surface area contributed by atoms with Crippen molar-refractivity contribution in [1.82, 2.24) is 18.3 Å². The molecule has 444 valence electrons. The van der Waals surface area contributed by atoms with Gasteiger partial charge in [-0.2, -0.15) is 50.5 Å². The maximum atomic E-state index is 13.5. The first kappa shape index (κ1) is 61.2. The molecule has 0 unspecified atom stereocenters. The van der Waals surface area contributed by atoms with E-state index in [-0.39, 0.29) is 45.5 Å². The van der Waals surface area contributed by atoms with Crippen LogP contribution in [0.5, 0.6) is 0 Å². The fourth-order valence-electron chi connectivity index (χ4n) is 8.44. The smallest absolute Gasteiger partial charge is 0.325 e. The van der Waals surface area contributed by atoms with Crippen molar-refractivity contribution in [2.45, 2.75) is 29.4 Å². The maximum absolute atomic E-state index is 13.5. The minimum atomic E-state index is -5.34. The van der Waals surface area contributed by atoms with Gasteiger partial charge in [0.2, 0.25) is 0 Å². The summed E-state index contributed by atoms with van der Waals surface area (Å²) in [4.78, 5) is 60.9. The molecular formula is C45H40N10O23S6. The van der Waals surface area contributed by atoms with E-state index in [4.69, 9.17) is 0 Å². The van der Waals surface area contributed by atoms with Crippen molar-refractivity contribution in [3.05, 3.63) is 120 Å². The minimum absolute atomic E-state index is 0.0409. The van der Waals surface area contributed by atoms with Gasteiger partial charge >= 0.3 is 6.03 Å². The van der Waals surface area contributed by atoms with Gasteiger partial charge < -0.3 is 39.5 Å². The Labute approximate surface area is 473 Å². The normalized spacial score (nSPS) is 12.5. The fourth-order valence-corrected chi connectivity index (χ4v) is 12.5. The number of fused-ring (bicyclic) bond motifs is 2. The molecule has 0 saturated carbocycles. The third-order valence-electron chi connectivity index (χ3n) is 12.3. The summed E-state index contributed by atoms with van der Waals surface area (Å²) in [6, 6.07) is 8.31. The molecule has 0 atom stereocenters. The van der Waals surface area contributed by atoms with Crippen LogP contribution in [-0.4, -0.2) is 126 Å². The number of aryl methyl sites for hydroxylation is 4. The summed E-state index contributed by atoms with van der Waals surface area (Å²) in [6.45, 7) is 0. The highest BCUT2D eigenvalue weighted by atomic mass is 32.2. The van der Waals surface area contributed by atoms with E-state index in [0.717, 1.165) is 24.5 Å². The van der Waals surface area contributed by atoms with Crippen LogP contribution < -0.4 is 31.9 Å². The van der Waals surface area contributed by atoms with E-state index in [2.05, 4.69) is 31.9 Å². The van der Waals surface area contributed by atoms with Crippen molar-refractivity contribution >= 4 is 147 Å². The van der Waals surface area contributed by atoms with Crippen molar-refractivity contribution in [1.29, 1.82) is 0 Å². The quantitative estimate of drug-likeness (QED) is 0.0616. The highest BCUT2D eigenvalue weighted by Crippen LogP contribution is 2.38. The third-order valence-corrected chi connectivity index (χ3v) is 17.7. The first-order valence-electron chi connectivity index (χ1n) is 22.7. The van der Waals surface area contributed by atoms with Crippen LogP contribution in [0.4, 0.5) is 39.4 Å². The van der Waals surface area contributed by atoms with Crippen molar-refractivity contribution in [3.8, 4) is 0 Å². The van der Waals surface area contributed by atoms with E-state index in [0.29, 0.717) is 48.5 Å². The van der Waals surface area contributed by atoms with Crippen LogP contribution in [0.2, 0.25) is 0 Å². The Hall–Kier alpha value is -8.87. The Bertz CT molecular complexity index is 4640. The molecule has 8 rings (SSSR count). The van der Waals surface area contributed by atoms with Crippen LogP contribution in [0.1, 0.15) is 41.4 Å². The number of nitrogens with zero attached hydrogens (tertiary/aromatic N) is 4. The lowest BCUT2D eigenvalue weighted by atomic mass is 10.1. The van der Waals surface area contributed by atoms with E-state index < -0.39 is 153 Å². The number of rotatable bonds is 16. The van der Waals surface area contributed by atoms with E-state index in [1.165, 1.54) is 71.0 Å². The summed E-state index contributed by atoms with van der Waals surface area (Å²) < 4.78 is 211. The first-order chi connectivity index (χ1) is 38.6. The Morgan fingerprint density at radius 1 is 0.310 bits per heavy atom. The summed E-state index contributed by atoms with van der Waals surface area (Å²) in [7, 11) is -25.6. The lowest BCUT2D eigenvalue weighted by Crippen LogP contribution is -2.22. The summed E-state index contributed by atoms with van der Waals surface area (Å²) in [6.07, 6.45) is 4.94. The van der Waals surface area contributed by atoms with Gasteiger partial charge in [0, 0.05) is 74.5 Å². The molecule has 0 fully saturated rings. The van der Waals surface area contributed by atoms with Gasteiger partial charge in [-0.05, 0) is 72.8 Å². The molecule has 4 aromatic carbocycles. The van der Waals surface area contributed by atoms with E-state index >= 15 is 0 Å². The topological polar surface area (TPSA) is 503 Å². The molecule has 84 heavy (non-hydrogen) atoms. The lowest BCUT2D eigenvalue weighted by molar-refractivity contribution is 0.101. The number of amides is 6. The second-order valence-corrected chi connectivity index (χ2v) is 26.4. The highest BCUT2D eigenvalue weighted by molar-refractivity contribution is 7.87. The number of aromatic nitrogens is 4. The molecule has 39 heteroatoms. The first-order valence-corrected chi connectivity index (χ1v) is 31.3. The summed E-state index contributed by atoms with van der Waals surface area (Å²) >= 11 is 0. The molecular weight excluding hydrogens is 1240 g/mol. The molecule has 6 amide bonds. The van der Waals surface area contributed by atoms with Crippen molar-refractivity contribution < 1.29 is 102 Å². The largest absolute Gasteiger partial charge is 0.337 e. The van der Waals surface area contributed by atoms with Gasteiger partial charge in [0.05, 0.1) is 33.6 Å². The third kappa shape index (κ3) is 12.7. The van der Waals surface area contributed by atoms with Gasteiger partial charge in [-0.15, -0.1) is 0 Å². The van der Waals surface area contributed by atoms with Crippen LogP contribution in [0.15, 0.2) is 127 Å². The van der Waals surface area contributed by atoms with Crippen molar-refractivity contribution in [2.75, 3.05) is 31.9 Å². The number of carbonyl (C=O) groups excluding carboxylic acids is 5. The summed E-state index contributed by atoms with van der Waals surface area (Å²) in [5.74, 6) is -3.81. The zero-order valence-corrected chi connectivity index (χ0v) is 47.5. The monoisotopic (exact) mass is 1280 g/mol. The Kier molecular flexibility index (Phi) is 15.6. The summed E-state index contributed by atoms with van der Waals surface area (Å²) in [5, 5.41) is 11.5. The molecule has 0 saturated heterocycles. The van der Waals surface area contributed by atoms with E-state index in [1.54, 1.807) is 0 Å². The van der Waals surface area contributed by atoms with E-state index in [1.807, 2.05) is 0 Å². The molecule has 0 aliphatic rings. The van der Waals surface area contributed by atoms with Crippen molar-refractivity contribution in [2.24, 2.45) is 28.2 Å². The molecule has 0 bridgehead atoms. The lowest BCUT2D eigenvalue weighted by Gasteiger charge is -2.14. The Morgan fingerprint density at radius 2 is 0.524 bits per heavy atom. The predicted molar refractivity (Wildman–Crippen MR) is 293 cm³/mol. The van der Waals surface area contributed by atoms with Crippen LogP contribution in [0.3, 0.4) is 0 Å². The Balaban J connectivity index is 0.927. The van der Waals surface area contributed by atoms with Gasteiger partial charge in [-0.3, -0.25) is 57.1 Å². The number of urea groups is 1. The van der Waals surface area contributed by atoms with Gasteiger partial charge in [0.25, 0.3) is 84.3 Å². The average molecular weight is 1280 g/mol. The number of hydrogen-bond acceptors (Lipinski definition) is 17. The van der Waals surface area contributed by atoms with Gasteiger partial charge in [-0.25, -0.2) is 4.79 Å². The second kappa shape index (κ2) is 21.4. The van der Waals surface area contributed by atoms with Crippen LogP contribution in [-0.2, 0) is 88.9 Å². The molecule has 4 aromatic heterocycles. The Morgan fingerprint density at radius 3 is 0.762 bits per heavy atom. The number of carbonyl (C=O) groups is 5. The number of hydrogen-bond donors (Lipinski definition) is 12. The molecule has 0 aliphatic heterocycles. The molecule has 8 aromatic rings. The number of benzene rings is 4. The van der Waals surface area contributed by atoms with E-state index in [9.17, 15) is 102 Å². The van der Waals surface area contributed by atoms with Crippen LogP contribution >= 0.6 is 0 Å². The SMILES string of the molecule is Cn1cc(C(=O)Nc2cc(C(=O)Nc3cc4c(S(=O)(=O)O)ccc(S(=O)(=O)O)c4cc3S(=O)(=O)O)cn2C)cc1NC(=O)Nc1cc(C(=O)Nc2cc(C(=O)Nc3cc4c(S(=O)(=O)O)ccc(S(=O)(=O)O)c4cc3S(=O)(=O)O)cn2C)cn1C. The van der Waals surface area contributed by atoms with Crippen LogP contribution in [0, 0.1) is 0 Å². The molecule has 33 nitrogen and oxygen atoms in total. The fraction of sp³-hybridized carbons (Fsp3) is 0.0889. The van der Waals surface area contributed by atoms with Crippen LogP contribution in [0.25, 0.3) is 21.5 Å². The molecule has 0 aliphatic carbocycles. The highest BCUT2D eigenvalue weighted by Gasteiger charge is 2.30. The van der Waals surface area contributed by atoms with Gasteiger partial charge in [-0.1, -0.05) is 0 Å². The summed E-state index contributed by atoms with van der Waals surface area (Å²) in [5.41, 5.74) is -2.24. The second-order valence-electron chi connectivity index (χ2n) is 18.1. The predicted octanol–water partition coefficient (Wildman–Crippen LogP) is 3.48.